The Labute approximate surface area is 173 Å². The fourth-order valence-electron chi connectivity index (χ4n) is 6.77. The van der Waals surface area contributed by atoms with Crippen LogP contribution in [0.15, 0.2) is 0 Å². The first kappa shape index (κ1) is 18.6. The molecule has 4 aliphatic carbocycles. The van der Waals surface area contributed by atoms with Crippen molar-refractivity contribution in [2.24, 2.45) is 17.8 Å². The monoisotopic (exact) mass is 420 g/mol. The number of aliphatic hydroxyl groups excluding tert-OH is 2. The number of hydrogen-bond donors (Lipinski definition) is 2. The van der Waals surface area contributed by atoms with Crippen molar-refractivity contribution >= 4 is 16.3 Å². The quantitative estimate of drug-likeness (QED) is 0.782. The van der Waals surface area contributed by atoms with Crippen molar-refractivity contribution in [2.45, 2.75) is 81.9 Å². The van der Waals surface area contributed by atoms with Gasteiger partial charge in [-0.25, -0.2) is 0 Å². The third-order valence-corrected chi connectivity index (χ3v) is 8.60. The summed E-state index contributed by atoms with van der Waals surface area (Å²) in [6, 6.07) is 0. The summed E-state index contributed by atoms with van der Waals surface area (Å²) in [5.74, 6) is 2.22. The summed E-state index contributed by atoms with van der Waals surface area (Å²) < 4.78 is 13.7. The zero-order valence-corrected chi connectivity index (χ0v) is 17.6. The first-order chi connectivity index (χ1) is 13.9. The van der Waals surface area contributed by atoms with Crippen LogP contribution in [0.3, 0.4) is 0 Å². The summed E-state index contributed by atoms with van der Waals surface area (Å²) in [5.41, 5.74) is 0.202. The van der Waals surface area contributed by atoms with Crippen LogP contribution in [0.4, 0.5) is 0 Å². The third-order valence-electron chi connectivity index (χ3n) is 7.46. The molecule has 0 aromatic carbocycles. The number of aliphatic hydroxyl groups is 2. The molecule has 3 atom stereocenters. The topological polar surface area (TPSA) is 102 Å². The first-order valence-corrected chi connectivity index (χ1v) is 11.5. The van der Waals surface area contributed by atoms with Crippen LogP contribution in [0.2, 0.25) is 0 Å². The van der Waals surface area contributed by atoms with Crippen LogP contribution in [0.1, 0.15) is 69.3 Å². The van der Waals surface area contributed by atoms with Crippen LogP contribution >= 0.6 is 11.3 Å². The third kappa shape index (κ3) is 2.81. The predicted molar refractivity (Wildman–Crippen MR) is 104 cm³/mol. The van der Waals surface area contributed by atoms with E-state index in [2.05, 4.69) is 10.2 Å². The zero-order chi connectivity index (χ0) is 20.0. The molecule has 0 amide bonds. The van der Waals surface area contributed by atoms with E-state index in [0.717, 1.165) is 22.7 Å². The van der Waals surface area contributed by atoms with Gasteiger partial charge in [0.05, 0.1) is 6.61 Å². The number of aromatic nitrogens is 4. The molecule has 2 N–H and O–H groups in total. The van der Waals surface area contributed by atoms with Gasteiger partial charge in [0.1, 0.15) is 17.2 Å². The van der Waals surface area contributed by atoms with Gasteiger partial charge in [0.25, 0.3) is 0 Å². The van der Waals surface area contributed by atoms with Crippen LogP contribution in [0, 0.1) is 17.8 Å². The summed E-state index contributed by atoms with van der Waals surface area (Å²) in [6.45, 7) is 3.19. The highest BCUT2D eigenvalue weighted by atomic mass is 32.1. The van der Waals surface area contributed by atoms with Crippen molar-refractivity contribution in [3.63, 3.8) is 0 Å². The molecule has 0 spiro atoms. The SMILES string of the molecule is CC1(C)O[C@H]([C@H](O)CO)[C@@H](c2nnc3sc(C45CC6CC(CC(C6)C4)C5)nn23)O1. The number of fused-ring (bicyclic) bond motifs is 1. The van der Waals surface area contributed by atoms with Crippen LogP contribution in [-0.4, -0.2) is 54.6 Å². The maximum absolute atomic E-state index is 10.3. The standard InChI is InChI=1S/C20H28N4O4S/c1-19(2)27-14(13(26)9-25)15(28-19)16-21-22-18-24(16)23-17(29-18)20-6-10-3-11(7-20)5-12(4-10)8-20/h10-15,25-26H,3-9H2,1-2H3/t10?,11?,12?,13-,14-,15+,20?/m1/s1. The Morgan fingerprint density at radius 3 is 2.38 bits per heavy atom. The maximum atomic E-state index is 10.3. The second kappa shape index (κ2) is 6.20. The van der Waals surface area contributed by atoms with Crippen molar-refractivity contribution < 1.29 is 19.7 Å². The van der Waals surface area contributed by atoms with Crippen LogP contribution in [-0.2, 0) is 14.9 Å². The highest BCUT2D eigenvalue weighted by molar-refractivity contribution is 7.16. The molecule has 1 aliphatic heterocycles. The zero-order valence-electron chi connectivity index (χ0n) is 16.8. The van der Waals surface area contributed by atoms with E-state index in [1.165, 1.54) is 43.5 Å². The van der Waals surface area contributed by atoms with E-state index >= 15 is 0 Å². The Kier molecular flexibility index (Phi) is 3.98. The minimum Gasteiger partial charge on any atom is -0.394 e. The molecule has 0 radical (unpaired) electrons. The van der Waals surface area contributed by atoms with E-state index in [1.807, 2.05) is 0 Å². The van der Waals surface area contributed by atoms with Gasteiger partial charge in [-0.1, -0.05) is 11.3 Å². The molecule has 7 rings (SSSR count). The summed E-state index contributed by atoms with van der Waals surface area (Å²) in [5, 5.41) is 34.6. The molecule has 158 valence electrons. The van der Waals surface area contributed by atoms with Crippen molar-refractivity contribution in [3.05, 3.63) is 10.8 Å². The van der Waals surface area contributed by atoms with E-state index in [0.29, 0.717) is 5.82 Å². The van der Waals surface area contributed by atoms with Crippen molar-refractivity contribution in [3.8, 4) is 0 Å². The lowest BCUT2D eigenvalue weighted by molar-refractivity contribution is -0.158. The number of nitrogens with zero attached hydrogens (tertiary/aromatic N) is 4. The Balaban J connectivity index is 1.38. The second-order valence-corrected chi connectivity index (χ2v) is 11.1. The van der Waals surface area contributed by atoms with Gasteiger partial charge in [-0.05, 0) is 70.1 Å². The van der Waals surface area contributed by atoms with Crippen LogP contribution in [0.5, 0.6) is 0 Å². The van der Waals surface area contributed by atoms with Gasteiger partial charge in [0.15, 0.2) is 17.7 Å². The summed E-state index contributed by atoms with van der Waals surface area (Å²) in [7, 11) is 0. The maximum Gasteiger partial charge on any atom is 0.234 e. The summed E-state index contributed by atoms with van der Waals surface area (Å²) in [6.07, 6.45) is 5.55. The van der Waals surface area contributed by atoms with E-state index in [1.54, 1.807) is 29.7 Å². The predicted octanol–water partition coefficient (Wildman–Crippen LogP) is 2.20. The van der Waals surface area contributed by atoms with Crippen LogP contribution in [0.25, 0.3) is 4.96 Å². The van der Waals surface area contributed by atoms with E-state index in [4.69, 9.17) is 14.6 Å². The lowest BCUT2D eigenvalue weighted by Gasteiger charge is -2.55. The highest BCUT2D eigenvalue weighted by Gasteiger charge is 2.54. The van der Waals surface area contributed by atoms with Crippen molar-refractivity contribution in [1.29, 1.82) is 0 Å². The minimum absolute atomic E-state index is 0.202. The molecule has 5 aliphatic rings. The first-order valence-electron chi connectivity index (χ1n) is 10.7. The van der Waals surface area contributed by atoms with Gasteiger partial charge in [-0.3, -0.25) is 0 Å². The van der Waals surface area contributed by atoms with E-state index in [-0.39, 0.29) is 5.41 Å². The van der Waals surface area contributed by atoms with E-state index in [9.17, 15) is 10.2 Å². The van der Waals surface area contributed by atoms with Crippen LogP contribution < -0.4 is 0 Å². The summed E-state index contributed by atoms with van der Waals surface area (Å²) in [4.78, 5) is 0.760. The second-order valence-electron chi connectivity index (χ2n) is 10.1. The molecule has 1 saturated heterocycles. The average Bonchev–Trinajstić information content (AvgIpc) is 3.32. The summed E-state index contributed by atoms with van der Waals surface area (Å²) >= 11 is 1.65. The van der Waals surface area contributed by atoms with Gasteiger partial charge < -0.3 is 19.7 Å². The molecule has 5 fully saturated rings. The molecule has 2 aromatic rings. The van der Waals surface area contributed by atoms with Gasteiger partial charge in [-0.15, -0.1) is 10.2 Å². The average molecular weight is 421 g/mol. The Morgan fingerprint density at radius 1 is 1.10 bits per heavy atom. The Bertz CT molecular complexity index is 905. The van der Waals surface area contributed by atoms with Crippen molar-refractivity contribution in [2.75, 3.05) is 6.61 Å². The minimum atomic E-state index is -1.06. The Hall–Kier alpha value is -1.13. The molecule has 9 heteroatoms. The van der Waals surface area contributed by atoms with Gasteiger partial charge in [0.2, 0.25) is 4.96 Å². The molecule has 2 aromatic heterocycles. The largest absolute Gasteiger partial charge is 0.394 e. The number of ether oxygens (including phenoxy) is 2. The molecule has 8 nitrogen and oxygen atoms in total. The normalized spacial score (nSPS) is 41.4. The smallest absolute Gasteiger partial charge is 0.234 e. The highest BCUT2D eigenvalue weighted by Crippen LogP contribution is 2.61. The molecule has 0 unspecified atom stereocenters. The van der Waals surface area contributed by atoms with Gasteiger partial charge in [0, 0.05) is 5.41 Å². The number of rotatable bonds is 4. The molecule has 29 heavy (non-hydrogen) atoms. The van der Waals surface area contributed by atoms with Crippen molar-refractivity contribution in [1.82, 2.24) is 19.8 Å². The molecule has 4 bridgehead atoms. The lowest BCUT2D eigenvalue weighted by Crippen LogP contribution is -2.48. The Morgan fingerprint density at radius 2 is 1.76 bits per heavy atom. The lowest BCUT2D eigenvalue weighted by atomic mass is 9.50. The molecule has 3 heterocycles. The fraction of sp³-hybridized carbons (Fsp3) is 0.850. The molecular weight excluding hydrogens is 392 g/mol. The van der Waals surface area contributed by atoms with Gasteiger partial charge in [-0.2, -0.15) is 9.61 Å². The molecular formula is C20H28N4O4S. The van der Waals surface area contributed by atoms with E-state index < -0.39 is 30.7 Å². The number of hydrogen-bond acceptors (Lipinski definition) is 8. The fourth-order valence-corrected chi connectivity index (χ4v) is 7.83. The van der Waals surface area contributed by atoms with Gasteiger partial charge >= 0.3 is 0 Å². The molecule has 4 saturated carbocycles.